The van der Waals surface area contributed by atoms with E-state index in [1.54, 1.807) is 9.47 Å². The number of hydrogen-bond acceptors (Lipinski definition) is 5. The zero-order valence-electron chi connectivity index (χ0n) is 17.3. The zero-order chi connectivity index (χ0) is 23.9. The maximum Gasteiger partial charge on any atom is 0.416 e. The van der Waals surface area contributed by atoms with E-state index in [0.717, 1.165) is 12.1 Å². The number of nitrogens with one attached hydrogen (secondary N) is 1. The first kappa shape index (κ1) is 23.0. The van der Waals surface area contributed by atoms with Crippen molar-refractivity contribution in [1.29, 1.82) is 0 Å². The van der Waals surface area contributed by atoms with Crippen LogP contribution < -0.4 is 5.32 Å². The second kappa shape index (κ2) is 8.62. The fraction of sp³-hybridized carbons (Fsp3) is 0.333. The van der Waals surface area contributed by atoms with E-state index in [1.165, 1.54) is 13.3 Å². The van der Waals surface area contributed by atoms with Crippen LogP contribution in [0.3, 0.4) is 0 Å². The van der Waals surface area contributed by atoms with Gasteiger partial charge in [-0.3, -0.25) is 14.6 Å². The van der Waals surface area contributed by atoms with E-state index in [2.05, 4.69) is 15.3 Å². The van der Waals surface area contributed by atoms with Gasteiger partial charge in [-0.2, -0.15) is 13.2 Å². The highest BCUT2D eigenvalue weighted by atomic mass is 35.5. The van der Waals surface area contributed by atoms with Gasteiger partial charge in [0, 0.05) is 32.8 Å². The predicted molar refractivity (Wildman–Crippen MR) is 111 cm³/mol. The lowest BCUT2D eigenvalue weighted by atomic mass is 10.0. The third-order valence-electron chi connectivity index (χ3n) is 5.51. The van der Waals surface area contributed by atoms with Gasteiger partial charge < -0.3 is 14.8 Å². The molecular formula is C21H18ClF4N5O2. The number of dihydropyridines is 1. The number of amides is 1. The number of carbonyl (C=O) groups excluding carboxylic acids is 2. The fourth-order valence-electron chi connectivity index (χ4n) is 3.93. The van der Waals surface area contributed by atoms with Gasteiger partial charge in [-0.15, -0.1) is 0 Å². The molecule has 1 amide bonds. The lowest BCUT2D eigenvalue weighted by Gasteiger charge is -2.32. The number of hydrogen-bond donors (Lipinski definition) is 1. The van der Waals surface area contributed by atoms with Gasteiger partial charge in [0.1, 0.15) is 28.9 Å². The summed E-state index contributed by atoms with van der Waals surface area (Å²) < 4.78 is 55.8. The number of aliphatic imine (C=N–C) groups is 1. The summed E-state index contributed by atoms with van der Waals surface area (Å²) in [5.74, 6) is -1.45. The van der Waals surface area contributed by atoms with Crippen LogP contribution in [0.1, 0.15) is 33.1 Å². The van der Waals surface area contributed by atoms with Crippen LogP contribution in [-0.4, -0.2) is 52.5 Å². The summed E-state index contributed by atoms with van der Waals surface area (Å²) in [6.45, 7) is 0.788. The van der Waals surface area contributed by atoms with Crippen molar-refractivity contribution in [2.45, 2.75) is 25.7 Å². The molecule has 0 fully saturated rings. The van der Waals surface area contributed by atoms with Crippen LogP contribution in [-0.2, 0) is 30.5 Å². The molecule has 1 aromatic carbocycles. The number of imidazole rings is 1. The van der Waals surface area contributed by atoms with E-state index in [1.807, 2.05) is 0 Å². The van der Waals surface area contributed by atoms with E-state index in [4.69, 9.17) is 11.6 Å². The number of ketones is 1. The molecule has 0 aliphatic carbocycles. The van der Waals surface area contributed by atoms with Gasteiger partial charge >= 0.3 is 6.18 Å². The van der Waals surface area contributed by atoms with Crippen LogP contribution in [0.25, 0.3) is 0 Å². The molecule has 174 valence electrons. The molecule has 0 radical (unpaired) electrons. The molecule has 0 bridgehead atoms. The van der Waals surface area contributed by atoms with Gasteiger partial charge in [-0.1, -0.05) is 17.7 Å². The molecule has 1 N–H and O–H groups in total. The van der Waals surface area contributed by atoms with E-state index in [0.29, 0.717) is 24.1 Å². The van der Waals surface area contributed by atoms with Gasteiger partial charge in [0.2, 0.25) is 0 Å². The minimum absolute atomic E-state index is 0.0136. The van der Waals surface area contributed by atoms with Crippen LogP contribution in [0.5, 0.6) is 0 Å². The molecule has 0 saturated heterocycles. The number of Topliss-reactive ketones (excluding diaryl/α,β-unsaturated/α-hetero) is 1. The molecule has 4 rings (SSSR count). The molecule has 2 aliphatic rings. The van der Waals surface area contributed by atoms with Crippen LogP contribution in [0.4, 0.5) is 17.6 Å². The Kier molecular flexibility index (Phi) is 6.00. The molecule has 0 unspecified atom stereocenters. The maximum atomic E-state index is 13.5. The largest absolute Gasteiger partial charge is 0.416 e. The summed E-state index contributed by atoms with van der Waals surface area (Å²) in [7, 11) is 1.39. The smallest absolute Gasteiger partial charge is 0.360 e. The SMILES string of the molecule is CNC(=O)c1nc2n(c1Cc1ccc(F)cc1C(F)(F)F)CCN(C1=C(Cl)C(=O)CN=C1)C2. The number of halogens is 5. The number of carbonyl (C=O) groups is 2. The third-order valence-corrected chi connectivity index (χ3v) is 5.92. The van der Waals surface area contributed by atoms with E-state index in [9.17, 15) is 27.2 Å². The Morgan fingerprint density at radius 1 is 1.27 bits per heavy atom. The van der Waals surface area contributed by atoms with Gasteiger partial charge in [-0.25, -0.2) is 9.37 Å². The zero-order valence-corrected chi connectivity index (χ0v) is 18.1. The summed E-state index contributed by atoms with van der Waals surface area (Å²) in [6, 6.07) is 2.46. The van der Waals surface area contributed by atoms with Crippen molar-refractivity contribution in [1.82, 2.24) is 19.8 Å². The van der Waals surface area contributed by atoms with Gasteiger partial charge in [0.15, 0.2) is 5.78 Å². The highest BCUT2D eigenvalue weighted by molar-refractivity contribution is 6.44. The number of rotatable bonds is 4. The summed E-state index contributed by atoms with van der Waals surface area (Å²) >= 11 is 6.15. The molecule has 7 nitrogen and oxygen atoms in total. The molecule has 1 aromatic heterocycles. The normalized spacial score (nSPS) is 16.3. The summed E-state index contributed by atoms with van der Waals surface area (Å²) in [4.78, 5) is 34.5. The first-order valence-electron chi connectivity index (χ1n) is 9.94. The average molecular weight is 484 g/mol. The summed E-state index contributed by atoms with van der Waals surface area (Å²) in [5.41, 5.74) is -0.569. The molecule has 12 heteroatoms. The van der Waals surface area contributed by atoms with Crippen molar-refractivity contribution in [3.05, 3.63) is 63.1 Å². The van der Waals surface area contributed by atoms with Crippen LogP contribution >= 0.6 is 11.6 Å². The summed E-state index contributed by atoms with van der Waals surface area (Å²) in [6.07, 6.45) is -3.53. The molecule has 2 aromatic rings. The highest BCUT2D eigenvalue weighted by Crippen LogP contribution is 2.34. The Hall–Kier alpha value is -3.21. The monoisotopic (exact) mass is 483 g/mol. The van der Waals surface area contributed by atoms with E-state index >= 15 is 0 Å². The van der Waals surface area contributed by atoms with Gasteiger partial charge in [0.05, 0.1) is 23.5 Å². The fourth-order valence-corrected chi connectivity index (χ4v) is 4.16. The molecule has 0 saturated carbocycles. The van der Waals surface area contributed by atoms with E-state index < -0.39 is 23.5 Å². The number of allylic oxidation sites excluding steroid dienone is 1. The van der Waals surface area contributed by atoms with Crippen molar-refractivity contribution in [3.8, 4) is 0 Å². The van der Waals surface area contributed by atoms with Gasteiger partial charge in [-0.05, 0) is 17.7 Å². The molecular weight excluding hydrogens is 466 g/mol. The Morgan fingerprint density at radius 2 is 2.03 bits per heavy atom. The standard InChI is InChI=1S/C21H18ClF4N5O2/c1-27-20(33)19-14(6-11-2-3-12(23)7-13(11)21(24,25)26)31-5-4-30(10-17(31)29-19)15-8-28-9-16(32)18(15)22/h2-3,7-8H,4-6,9-10H2,1H3,(H,27,33). The molecule has 33 heavy (non-hydrogen) atoms. The third kappa shape index (κ3) is 4.37. The molecule has 3 heterocycles. The minimum Gasteiger partial charge on any atom is -0.360 e. The Morgan fingerprint density at radius 3 is 2.73 bits per heavy atom. The number of benzene rings is 1. The van der Waals surface area contributed by atoms with Crippen molar-refractivity contribution >= 4 is 29.5 Å². The van der Waals surface area contributed by atoms with Crippen LogP contribution in [0, 0.1) is 5.82 Å². The molecule has 0 spiro atoms. The minimum atomic E-state index is -4.76. The highest BCUT2D eigenvalue weighted by Gasteiger charge is 2.35. The van der Waals surface area contributed by atoms with Crippen molar-refractivity contribution in [3.63, 3.8) is 0 Å². The molecule has 2 aliphatic heterocycles. The Labute approximate surface area is 190 Å². The van der Waals surface area contributed by atoms with E-state index in [-0.39, 0.29) is 53.8 Å². The second-order valence-electron chi connectivity index (χ2n) is 7.54. The average Bonchev–Trinajstić information content (AvgIpc) is 3.13. The number of alkyl halides is 3. The lowest BCUT2D eigenvalue weighted by Crippen LogP contribution is -2.36. The van der Waals surface area contributed by atoms with Crippen molar-refractivity contribution in [2.24, 2.45) is 4.99 Å². The van der Waals surface area contributed by atoms with Crippen molar-refractivity contribution in [2.75, 3.05) is 20.1 Å². The lowest BCUT2D eigenvalue weighted by molar-refractivity contribution is -0.138. The first-order valence-corrected chi connectivity index (χ1v) is 10.3. The number of nitrogens with zero attached hydrogens (tertiary/aromatic N) is 4. The van der Waals surface area contributed by atoms with Crippen molar-refractivity contribution < 1.29 is 27.2 Å². The quantitative estimate of drug-likeness (QED) is 0.678. The number of aromatic nitrogens is 2. The molecule has 0 atom stereocenters. The Bertz CT molecular complexity index is 1200. The maximum absolute atomic E-state index is 13.5. The summed E-state index contributed by atoms with van der Waals surface area (Å²) in [5, 5.41) is 2.50. The first-order chi connectivity index (χ1) is 15.6. The van der Waals surface area contributed by atoms with Crippen LogP contribution in [0.2, 0.25) is 0 Å². The van der Waals surface area contributed by atoms with Gasteiger partial charge in [0.25, 0.3) is 5.91 Å². The van der Waals surface area contributed by atoms with Crippen LogP contribution in [0.15, 0.2) is 33.9 Å². The second-order valence-corrected chi connectivity index (χ2v) is 7.92. The predicted octanol–water partition coefficient (Wildman–Crippen LogP) is 2.91. The Balaban J connectivity index is 1.74. The topological polar surface area (TPSA) is 79.6 Å². The number of fused-ring (bicyclic) bond motifs is 1.